The molecule has 0 spiro atoms. The molecule has 0 radical (unpaired) electrons. The van der Waals surface area contributed by atoms with E-state index in [2.05, 4.69) is 20.3 Å². The average molecular weight is 438 g/mol. The zero-order chi connectivity index (χ0) is 21.6. The number of hydrogen-bond donors (Lipinski definition) is 2. The smallest absolute Gasteiger partial charge is 0.227 e. The summed E-state index contributed by atoms with van der Waals surface area (Å²) in [4.78, 5) is 18.2. The van der Waals surface area contributed by atoms with Crippen LogP contribution in [0.3, 0.4) is 0 Å². The van der Waals surface area contributed by atoms with Crippen molar-refractivity contribution in [2.75, 3.05) is 23.1 Å². The average Bonchev–Trinajstić information content (AvgIpc) is 2.95. The van der Waals surface area contributed by atoms with Crippen molar-refractivity contribution in [1.82, 2.24) is 29.7 Å². The number of fused-ring (bicyclic) bond motifs is 2. The number of anilines is 2. The molecular formula is C22H27N7OS. The van der Waals surface area contributed by atoms with Gasteiger partial charge in [0.25, 0.3) is 0 Å². The molecule has 9 heteroatoms. The van der Waals surface area contributed by atoms with Gasteiger partial charge in [-0.1, -0.05) is 0 Å². The molecule has 4 heterocycles. The van der Waals surface area contributed by atoms with Crippen molar-refractivity contribution >= 4 is 44.0 Å². The van der Waals surface area contributed by atoms with E-state index in [9.17, 15) is 4.55 Å². The molecule has 1 aromatic carbocycles. The molecule has 0 bridgehead atoms. The van der Waals surface area contributed by atoms with E-state index < -0.39 is 10.3 Å². The van der Waals surface area contributed by atoms with Crippen molar-refractivity contribution in [3.63, 3.8) is 0 Å². The van der Waals surface area contributed by atoms with Crippen LogP contribution in [0.2, 0.25) is 0 Å². The molecule has 4 aromatic rings. The van der Waals surface area contributed by atoms with Crippen LogP contribution in [-0.4, -0.2) is 52.0 Å². The number of nitrogens with one attached hydrogen (secondary N) is 1. The third kappa shape index (κ3) is 3.95. The highest BCUT2D eigenvalue weighted by molar-refractivity contribution is 8.28. The number of aryl methyl sites for hydroxylation is 2. The summed E-state index contributed by atoms with van der Waals surface area (Å²) >= 11 is 0. The van der Waals surface area contributed by atoms with Crippen LogP contribution < -0.4 is 5.32 Å². The number of nitrogens with zero attached hydrogens (tertiary/aromatic N) is 6. The Bertz CT molecular complexity index is 1270. The Hall–Kier alpha value is -2.78. The van der Waals surface area contributed by atoms with Crippen LogP contribution in [0.25, 0.3) is 22.1 Å². The van der Waals surface area contributed by atoms with Crippen molar-refractivity contribution in [2.24, 2.45) is 7.05 Å². The van der Waals surface area contributed by atoms with E-state index in [1.165, 1.54) is 0 Å². The van der Waals surface area contributed by atoms with Gasteiger partial charge in [-0.2, -0.15) is 5.10 Å². The molecule has 1 saturated heterocycles. The van der Waals surface area contributed by atoms with Crippen molar-refractivity contribution in [1.29, 1.82) is 0 Å². The summed E-state index contributed by atoms with van der Waals surface area (Å²) in [6, 6.07) is 3.99. The summed E-state index contributed by atoms with van der Waals surface area (Å²) in [7, 11) is 0.468. The van der Waals surface area contributed by atoms with Crippen molar-refractivity contribution in [3.8, 4) is 0 Å². The first kappa shape index (κ1) is 20.1. The highest BCUT2D eigenvalue weighted by Crippen LogP contribution is 2.47. The SMILES string of the molecule is Cc1cc2nccnc2cc1Nc1ncc2c(n1)c(C1CCCS(C)(O)CC1)nn2C. The minimum atomic E-state index is -1.47. The molecule has 2 N–H and O–H groups in total. The lowest BCUT2D eigenvalue weighted by Gasteiger charge is -2.26. The first-order valence-corrected chi connectivity index (χ1v) is 12.9. The summed E-state index contributed by atoms with van der Waals surface area (Å²) in [6.45, 7) is 2.03. The van der Waals surface area contributed by atoms with Crippen molar-refractivity contribution in [3.05, 3.63) is 42.0 Å². The summed E-state index contributed by atoms with van der Waals surface area (Å²) in [5.74, 6) is 2.63. The predicted octanol–water partition coefficient (Wildman–Crippen LogP) is 4.53. The third-order valence-electron chi connectivity index (χ3n) is 6.11. The van der Waals surface area contributed by atoms with E-state index in [4.69, 9.17) is 10.1 Å². The first-order chi connectivity index (χ1) is 14.9. The van der Waals surface area contributed by atoms with Gasteiger partial charge in [0.2, 0.25) is 5.95 Å². The van der Waals surface area contributed by atoms with Gasteiger partial charge in [-0.3, -0.25) is 14.6 Å². The molecule has 2 unspecified atom stereocenters. The summed E-state index contributed by atoms with van der Waals surface area (Å²) < 4.78 is 12.4. The zero-order valence-corrected chi connectivity index (χ0v) is 18.9. The topological polar surface area (TPSA) is 102 Å². The summed E-state index contributed by atoms with van der Waals surface area (Å²) in [5, 5.41) is 8.16. The minimum absolute atomic E-state index is 0.311. The standard InChI is InChI=1S/C22H27N7OS/c1-14-11-17-18(24-8-7-23-17)12-16(14)26-22-25-13-19-21(27-22)20(28-29(19)2)15-5-4-9-31(3,30)10-6-15/h7-8,11-13,15,30H,4-6,9-10H2,1-3H3,(H,25,26,27). The molecule has 3 aromatic heterocycles. The molecule has 5 rings (SSSR count). The summed E-state index contributed by atoms with van der Waals surface area (Å²) in [5.41, 5.74) is 6.48. The summed E-state index contributed by atoms with van der Waals surface area (Å²) in [6.07, 6.45) is 10.2. The van der Waals surface area contributed by atoms with Crippen LogP contribution in [-0.2, 0) is 7.05 Å². The Morgan fingerprint density at radius 2 is 1.87 bits per heavy atom. The van der Waals surface area contributed by atoms with Crippen LogP contribution in [0, 0.1) is 6.92 Å². The minimum Gasteiger partial charge on any atom is -0.352 e. The van der Waals surface area contributed by atoms with Gasteiger partial charge in [-0.25, -0.2) is 9.97 Å². The van der Waals surface area contributed by atoms with Gasteiger partial charge in [-0.05, 0) is 61.6 Å². The van der Waals surface area contributed by atoms with Gasteiger partial charge < -0.3 is 9.87 Å². The van der Waals surface area contributed by atoms with Gasteiger partial charge in [0.05, 0.1) is 22.9 Å². The van der Waals surface area contributed by atoms with Crippen LogP contribution in [0.5, 0.6) is 0 Å². The second kappa shape index (κ2) is 7.72. The maximum atomic E-state index is 10.6. The van der Waals surface area contributed by atoms with Gasteiger partial charge in [0.15, 0.2) is 0 Å². The fourth-order valence-electron chi connectivity index (χ4n) is 4.33. The van der Waals surface area contributed by atoms with Crippen molar-refractivity contribution < 1.29 is 4.55 Å². The molecule has 31 heavy (non-hydrogen) atoms. The van der Waals surface area contributed by atoms with E-state index in [0.717, 1.165) is 69.8 Å². The van der Waals surface area contributed by atoms with E-state index in [1.807, 2.05) is 43.2 Å². The van der Waals surface area contributed by atoms with Gasteiger partial charge in [-0.15, -0.1) is 10.3 Å². The normalized spacial score (nSPS) is 24.1. The van der Waals surface area contributed by atoms with Gasteiger partial charge in [0, 0.05) is 31.0 Å². The number of benzene rings is 1. The van der Waals surface area contributed by atoms with Crippen LogP contribution >= 0.6 is 10.3 Å². The molecule has 0 saturated carbocycles. The Balaban J connectivity index is 1.50. The molecule has 8 nitrogen and oxygen atoms in total. The van der Waals surface area contributed by atoms with E-state index in [0.29, 0.717) is 11.9 Å². The second-order valence-electron chi connectivity index (χ2n) is 8.53. The largest absolute Gasteiger partial charge is 0.352 e. The fraction of sp³-hybridized carbons (Fsp3) is 0.409. The third-order valence-corrected chi connectivity index (χ3v) is 8.39. The number of rotatable bonds is 3. The van der Waals surface area contributed by atoms with E-state index in [-0.39, 0.29) is 0 Å². The maximum absolute atomic E-state index is 10.6. The van der Waals surface area contributed by atoms with E-state index in [1.54, 1.807) is 12.4 Å². The molecule has 0 aliphatic carbocycles. The first-order valence-electron chi connectivity index (χ1n) is 10.5. The number of aromatic nitrogens is 6. The molecule has 2 atom stereocenters. The lowest BCUT2D eigenvalue weighted by Crippen LogP contribution is -2.06. The highest BCUT2D eigenvalue weighted by Gasteiger charge is 2.27. The molecule has 1 aliphatic heterocycles. The van der Waals surface area contributed by atoms with Crippen molar-refractivity contribution in [2.45, 2.75) is 32.1 Å². The monoisotopic (exact) mass is 437 g/mol. The Morgan fingerprint density at radius 1 is 1.10 bits per heavy atom. The Kier molecular flexibility index (Phi) is 5.02. The van der Waals surface area contributed by atoms with Crippen LogP contribution in [0.1, 0.15) is 36.4 Å². The number of hydrogen-bond acceptors (Lipinski definition) is 7. The predicted molar refractivity (Wildman–Crippen MR) is 126 cm³/mol. The Labute approximate surface area is 182 Å². The second-order valence-corrected chi connectivity index (χ2v) is 11.8. The molecule has 0 amide bonds. The Morgan fingerprint density at radius 3 is 2.68 bits per heavy atom. The highest BCUT2D eigenvalue weighted by atomic mass is 32.3. The van der Waals surface area contributed by atoms with Gasteiger partial charge in [0.1, 0.15) is 11.0 Å². The quantitative estimate of drug-likeness (QED) is 0.485. The maximum Gasteiger partial charge on any atom is 0.227 e. The molecular weight excluding hydrogens is 410 g/mol. The fourth-order valence-corrected chi connectivity index (χ4v) is 6.11. The van der Waals surface area contributed by atoms with Gasteiger partial charge >= 0.3 is 0 Å². The lowest BCUT2D eigenvalue weighted by molar-refractivity contribution is 0.585. The molecule has 1 fully saturated rings. The zero-order valence-electron chi connectivity index (χ0n) is 18.0. The van der Waals surface area contributed by atoms with Crippen LogP contribution in [0.4, 0.5) is 11.6 Å². The molecule has 162 valence electrons. The van der Waals surface area contributed by atoms with E-state index >= 15 is 0 Å². The molecule has 1 aliphatic rings. The lowest BCUT2D eigenvalue weighted by atomic mass is 9.96. The van der Waals surface area contributed by atoms with Crippen LogP contribution in [0.15, 0.2) is 30.7 Å².